The highest BCUT2D eigenvalue weighted by atomic mass is 32.2. The standard InChI is InChI=1S/C10H11N3O2.C7H8S.CH4N2O/c1-14-8-3-6-7(4-9(8)15-2)12-5-13-10(6)11;1-8-7-5-3-2-4-6-7;2-1(3)4/h3-5H,1-2H3,(H2,11,12,13);2-6H,1H3;(H4,2,3,4). The topological polar surface area (TPSA) is 139 Å². The van der Waals surface area contributed by atoms with Crippen LogP contribution in [0.15, 0.2) is 53.7 Å². The summed E-state index contributed by atoms with van der Waals surface area (Å²) < 4.78 is 10.3. The molecule has 0 saturated heterocycles. The summed E-state index contributed by atoms with van der Waals surface area (Å²) in [6.07, 6.45) is 3.50. The summed E-state index contributed by atoms with van der Waals surface area (Å²) >= 11 is 1.77. The second-order valence-corrected chi connectivity index (χ2v) is 5.78. The molecule has 0 saturated carbocycles. The molecule has 144 valence electrons. The Bertz CT molecular complexity index is 858. The fraction of sp³-hybridized carbons (Fsp3) is 0.167. The molecular weight excluding hydrogens is 366 g/mol. The Morgan fingerprint density at radius 2 is 1.56 bits per heavy atom. The molecule has 2 amide bonds. The Labute approximate surface area is 162 Å². The number of urea groups is 1. The van der Waals surface area contributed by atoms with Gasteiger partial charge in [0.2, 0.25) is 0 Å². The van der Waals surface area contributed by atoms with Crippen molar-refractivity contribution in [3.63, 3.8) is 0 Å². The highest BCUT2D eigenvalue weighted by Gasteiger charge is 2.08. The summed E-state index contributed by atoms with van der Waals surface area (Å²) in [6.45, 7) is 0. The van der Waals surface area contributed by atoms with E-state index in [-0.39, 0.29) is 0 Å². The van der Waals surface area contributed by atoms with E-state index in [0.29, 0.717) is 17.3 Å². The SMILES string of the molecule is COc1cc2ncnc(N)c2cc1OC.CSc1ccccc1.NC(N)=O. The van der Waals surface area contributed by atoms with Gasteiger partial charge in [0.15, 0.2) is 11.5 Å². The molecule has 0 unspecified atom stereocenters. The molecule has 3 aromatic rings. The summed E-state index contributed by atoms with van der Waals surface area (Å²) in [4.78, 5) is 18.3. The lowest BCUT2D eigenvalue weighted by atomic mass is 10.2. The van der Waals surface area contributed by atoms with E-state index in [0.717, 1.165) is 10.9 Å². The first-order valence-electron chi connectivity index (χ1n) is 7.69. The molecule has 27 heavy (non-hydrogen) atoms. The van der Waals surface area contributed by atoms with Crippen molar-refractivity contribution >= 4 is 34.5 Å². The van der Waals surface area contributed by atoms with Crippen LogP contribution in [0.5, 0.6) is 11.5 Å². The van der Waals surface area contributed by atoms with Crippen LogP contribution in [0.3, 0.4) is 0 Å². The number of nitrogens with two attached hydrogens (primary N) is 3. The number of carbonyl (C=O) groups is 1. The van der Waals surface area contributed by atoms with Crippen molar-refractivity contribution in [2.24, 2.45) is 11.5 Å². The van der Waals surface area contributed by atoms with Gasteiger partial charge in [-0.1, -0.05) is 18.2 Å². The van der Waals surface area contributed by atoms with E-state index in [1.807, 2.05) is 18.2 Å². The molecule has 0 bridgehead atoms. The Balaban J connectivity index is 0.000000254. The Morgan fingerprint density at radius 3 is 2.04 bits per heavy atom. The van der Waals surface area contributed by atoms with Crippen molar-refractivity contribution in [1.82, 2.24) is 9.97 Å². The number of primary amides is 2. The maximum Gasteiger partial charge on any atom is 0.309 e. The lowest BCUT2D eigenvalue weighted by Crippen LogP contribution is -2.18. The quantitative estimate of drug-likeness (QED) is 0.585. The summed E-state index contributed by atoms with van der Waals surface area (Å²) in [7, 11) is 3.15. The van der Waals surface area contributed by atoms with E-state index in [1.165, 1.54) is 11.2 Å². The van der Waals surface area contributed by atoms with Crippen LogP contribution in [0, 0.1) is 0 Å². The molecule has 9 heteroatoms. The molecule has 1 heterocycles. The monoisotopic (exact) mass is 389 g/mol. The molecule has 0 aliphatic rings. The zero-order chi connectivity index (χ0) is 20.2. The van der Waals surface area contributed by atoms with Gasteiger partial charge in [0.25, 0.3) is 0 Å². The number of nitrogens with zero attached hydrogens (tertiary/aromatic N) is 2. The van der Waals surface area contributed by atoms with Crippen LogP contribution in [0.4, 0.5) is 10.6 Å². The number of nitrogen functional groups attached to an aromatic ring is 1. The molecule has 0 spiro atoms. The third-order valence-corrected chi connectivity index (χ3v) is 3.89. The van der Waals surface area contributed by atoms with Gasteiger partial charge in [-0.05, 0) is 24.5 Å². The van der Waals surface area contributed by atoms with Gasteiger partial charge in [0.05, 0.1) is 19.7 Å². The predicted octanol–water partition coefficient (Wildman–Crippen LogP) is 2.66. The fourth-order valence-electron chi connectivity index (χ4n) is 1.96. The summed E-state index contributed by atoms with van der Waals surface area (Å²) in [6, 6.07) is 13.0. The number of hydrogen-bond donors (Lipinski definition) is 3. The summed E-state index contributed by atoms with van der Waals surface area (Å²) in [5, 5.41) is 0.759. The Hall–Kier alpha value is -3.20. The maximum absolute atomic E-state index is 9.00. The highest BCUT2D eigenvalue weighted by Crippen LogP contribution is 2.32. The smallest absolute Gasteiger partial charge is 0.309 e. The van der Waals surface area contributed by atoms with Crippen LogP contribution in [0.2, 0.25) is 0 Å². The predicted molar refractivity (Wildman–Crippen MR) is 109 cm³/mol. The first kappa shape index (κ1) is 21.8. The molecule has 1 aromatic heterocycles. The number of methoxy groups -OCH3 is 2. The highest BCUT2D eigenvalue weighted by molar-refractivity contribution is 7.98. The van der Waals surface area contributed by atoms with Crippen LogP contribution in [-0.4, -0.2) is 36.5 Å². The molecule has 0 aliphatic heterocycles. The second kappa shape index (κ2) is 11.4. The molecule has 0 fully saturated rings. The van der Waals surface area contributed by atoms with E-state index in [2.05, 4.69) is 39.8 Å². The van der Waals surface area contributed by atoms with Crippen LogP contribution in [0.25, 0.3) is 10.9 Å². The molecule has 0 atom stereocenters. The average molecular weight is 389 g/mol. The number of rotatable bonds is 3. The van der Waals surface area contributed by atoms with Gasteiger partial charge in [-0.2, -0.15) is 0 Å². The van der Waals surface area contributed by atoms with Crippen LogP contribution >= 0.6 is 11.8 Å². The first-order chi connectivity index (χ1) is 12.9. The third-order valence-electron chi connectivity index (χ3n) is 3.15. The molecule has 0 radical (unpaired) electrons. The molecule has 0 aliphatic carbocycles. The zero-order valence-corrected chi connectivity index (χ0v) is 16.2. The average Bonchev–Trinajstić information content (AvgIpc) is 2.68. The van der Waals surface area contributed by atoms with Gasteiger partial charge in [-0.3, -0.25) is 0 Å². The van der Waals surface area contributed by atoms with E-state index >= 15 is 0 Å². The number of ether oxygens (including phenoxy) is 2. The number of anilines is 1. The number of carbonyl (C=O) groups excluding carboxylic acids is 1. The van der Waals surface area contributed by atoms with Gasteiger partial charge in [0, 0.05) is 16.3 Å². The minimum Gasteiger partial charge on any atom is -0.493 e. The van der Waals surface area contributed by atoms with Crippen molar-refractivity contribution in [3.8, 4) is 11.5 Å². The van der Waals surface area contributed by atoms with Crippen molar-refractivity contribution < 1.29 is 14.3 Å². The number of hydrogen-bond acceptors (Lipinski definition) is 7. The fourth-order valence-corrected chi connectivity index (χ4v) is 2.39. The number of thioether (sulfide) groups is 1. The van der Waals surface area contributed by atoms with Gasteiger partial charge < -0.3 is 26.7 Å². The number of aromatic nitrogens is 2. The normalized spacial score (nSPS) is 9.30. The zero-order valence-electron chi connectivity index (χ0n) is 15.4. The lowest BCUT2D eigenvalue weighted by Gasteiger charge is -2.08. The minimum atomic E-state index is -0.833. The van der Waals surface area contributed by atoms with E-state index < -0.39 is 6.03 Å². The number of amides is 2. The van der Waals surface area contributed by atoms with Crippen molar-refractivity contribution in [2.75, 3.05) is 26.2 Å². The Morgan fingerprint density at radius 1 is 1.00 bits per heavy atom. The summed E-state index contributed by atoms with van der Waals surface area (Å²) in [5.41, 5.74) is 15.0. The van der Waals surface area contributed by atoms with Crippen LogP contribution < -0.4 is 26.7 Å². The number of benzene rings is 2. The number of fused-ring (bicyclic) bond motifs is 1. The first-order valence-corrected chi connectivity index (χ1v) is 8.91. The van der Waals surface area contributed by atoms with Crippen LogP contribution in [0.1, 0.15) is 0 Å². The van der Waals surface area contributed by atoms with Crippen molar-refractivity contribution in [2.45, 2.75) is 4.90 Å². The van der Waals surface area contributed by atoms with Gasteiger partial charge >= 0.3 is 6.03 Å². The van der Waals surface area contributed by atoms with Gasteiger partial charge in [-0.25, -0.2) is 14.8 Å². The third kappa shape index (κ3) is 7.28. The van der Waals surface area contributed by atoms with Crippen LogP contribution in [-0.2, 0) is 0 Å². The van der Waals surface area contributed by atoms with Crippen molar-refractivity contribution in [1.29, 1.82) is 0 Å². The molecule has 3 rings (SSSR count). The maximum atomic E-state index is 9.00. The molecule has 2 aromatic carbocycles. The molecule has 6 N–H and O–H groups in total. The lowest BCUT2D eigenvalue weighted by molar-refractivity contribution is 0.256. The van der Waals surface area contributed by atoms with E-state index in [1.54, 1.807) is 38.1 Å². The Kier molecular flexibility index (Phi) is 9.24. The van der Waals surface area contributed by atoms with E-state index in [9.17, 15) is 0 Å². The molecular formula is C18H23N5O3S. The van der Waals surface area contributed by atoms with Gasteiger partial charge in [-0.15, -0.1) is 11.8 Å². The second-order valence-electron chi connectivity index (χ2n) is 4.90. The summed E-state index contributed by atoms with van der Waals surface area (Å²) in [5.74, 6) is 1.68. The molecule has 8 nitrogen and oxygen atoms in total. The minimum absolute atomic E-state index is 0.431. The van der Waals surface area contributed by atoms with Gasteiger partial charge in [0.1, 0.15) is 12.1 Å². The van der Waals surface area contributed by atoms with Crippen molar-refractivity contribution in [3.05, 3.63) is 48.8 Å². The largest absolute Gasteiger partial charge is 0.493 e. The van der Waals surface area contributed by atoms with E-state index in [4.69, 9.17) is 20.0 Å².